The molecule has 7 heteroatoms. The summed E-state index contributed by atoms with van der Waals surface area (Å²) in [5.41, 5.74) is 0.497. The summed E-state index contributed by atoms with van der Waals surface area (Å²) in [6, 6.07) is 16.0. The molecule has 4 rings (SSSR count). The minimum atomic E-state index is -0.281. The van der Waals surface area contributed by atoms with Crippen molar-refractivity contribution in [1.29, 1.82) is 0 Å². The normalized spacial score (nSPS) is 24.6. The van der Waals surface area contributed by atoms with Crippen molar-refractivity contribution in [1.82, 2.24) is 10.6 Å². The van der Waals surface area contributed by atoms with E-state index in [0.29, 0.717) is 36.7 Å². The minimum absolute atomic E-state index is 0.00410. The Morgan fingerprint density at radius 1 is 0.935 bits per heavy atom. The van der Waals surface area contributed by atoms with E-state index in [2.05, 4.69) is 10.6 Å². The summed E-state index contributed by atoms with van der Waals surface area (Å²) >= 11 is 0. The summed E-state index contributed by atoms with van der Waals surface area (Å²) in [6.45, 7) is 4.74. The second kappa shape index (κ2) is 9.49. The number of fused-ring (bicyclic) bond motifs is 1. The number of amides is 2. The largest absolute Gasteiger partial charge is 0.457 e. The van der Waals surface area contributed by atoms with Gasteiger partial charge in [0.15, 0.2) is 0 Å². The van der Waals surface area contributed by atoms with Crippen LogP contribution < -0.4 is 15.4 Å². The van der Waals surface area contributed by atoms with Gasteiger partial charge in [-0.25, -0.2) is 0 Å². The van der Waals surface area contributed by atoms with Crippen LogP contribution in [-0.4, -0.2) is 49.3 Å². The van der Waals surface area contributed by atoms with E-state index in [1.54, 1.807) is 18.2 Å². The zero-order chi connectivity index (χ0) is 21.8. The number of para-hydroxylation sites is 1. The summed E-state index contributed by atoms with van der Waals surface area (Å²) in [7, 11) is 0. The van der Waals surface area contributed by atoms with E-state index < -0.39 is 0 Å². The zero-order valence-corrected chi connectivity index (χ0v) is 17.7. The Bertz CT molecular complexity index is 917. The molecule has 4 atom stereocenters. The van der Waals surface area contributed by atoms with Crippen molar-refractivity contribution in [3.05, 3.63) is 60.2 Å². The number of benzene rings is 2. The Hall–Kier alpha value is -2.90. The molecule has 2 fully saturated rings. The second-order valence-electron chi connectivity index (χ2n) is 8.39. The van der Waals surface area contributed by atoms with Crippen molar-refractivity contribution in [3.8, 4) is 11.5 Å². The average Bonchev–Trinajstić information content (AvgIpc) is 3.32. The minimum Gasteiger partial charge on any atom is -0.457 e. The molecule has 0 radical (unpaired) electrons. The Morgan fingerprint density at radius 2 is 1.58 bits per heavy atom. The van der Waals surface area contributed by atoms with Gasteiger partial charge in [0.1, 0.15) is 23.7 Å². The van der Waals surface area contributed by atoms with E-state index in [1.807, 2.05) is 50.2 Å². The van der Waals surface area contributed by atoms with Crippen LogP contribution in [0.5, 0.6) is 11.5 Å². The van der Waals surface area contributed by atoms with Crippen LogP contribution in [-0.2, 0) is 14.3 Å². The lowest BCUT2D eigenvalue weighted by Gasteiger charge is -2.19. The van der Waals surface area contributed by atoms with Crippen LogP contribution in [0.3, 0.4) is 0 Å². The number of nitrogens with one attached hydrogen (secondary N) is 2. The molecule has 31 heavy (non-hydrogen) atoms. The quantitative estimate of drug-likeness (QED) is 0.714. The third-order valence-electron chi connectivity index (χ3n) is 5.39. The van der Waals surface area contributed by atoms with E-state index in [4.69, 9.17) is 14.2 Å². The van der Waals surface area contributed by atoms with E-state index in [9.17, 15) is 9.59 Å². The number of carbonyl (C=O) groups is 2. The lowest BCUT2D eigenvalue weighted by molar-refractivity contribution is -0.123. The molecule has 0 aliphatic carbocycles. The van der Waals surface area contributed by atoms with Crippen molar-refractivity contribution in [2.45, 2.75) is 44.6 Å². The highest BCUT2D eigenvalue weighted by Crippen LogP contribution is 2.28. The van der Waals surface area contributed by atoms with E-state index >= 15 is 0 Å². The fraction of sp³-hybridized carbons (Fsp3) is 0.417. The highest BCUT2D eigenvalue weighted by Gasteiger charge is 2.48. The predicted octanol–water partition coefficient (Wildman–Crippen LogP) is 2.91. The van der Waals surface area contributed by atoms with Crippen molar-refractivity contribution < 1.29 is 23.8 Å². The maximum atomic E-state index is 12.8. The van der Waals surface area contributed by atoms with Gasteiger partial charge in [0.2, 0.25) is 5.91 Å². The summed E-state index contributed by atoms with van der Waals surface area (Å²) in [4.78, 5) is 24.9. The van der Waals surface area contributed by atoms with E-state index in [-0.39, 0.29) is 42.0 Å². The molecule has 2 heterocycles. The first-order valence-corrected chi connectivity index (χ1v) is 10.7. The number of ether oxygens (including phenoxy) is 3. The Morgan fingerprint density at radius 3 is 2.26 bits per heavy atom. The van der Waals surface area contributed by atoms with Gasteiger partial charge in [0.05, 0.1) is 25.3 Å². The van der Waals surface area contributed by atoms with Gasteiger partial charge in [0, 0.05) is 12.0 Å². The van der Waals surface area contributed by atoms with Gasteiger partial charge in [-0.1, -0.05) is 38.1 Å². The summed E-state index contributed by atoms with van der Waals surface area (Å²) in [5, 5.41) is 6.01. The predicted molar refractivity (Wildman–Crippen MR) is 115 cm³/mol. The molecule has 2 amide bonds. The SMILES string of the molecule is CC(C)CC(=O)NC1COC2C(NC(=O)c3cccc(Oc4ccccc4)c3)COC12. The maximum absolute atomic E-state index is 12.8. The van der Waals surface area contributed by atoms with Gasteiger partial charge in [-0.05, 0) is 36.2 Å². The highest BCUT2D eigenvalue weighted by atomic mass is 16.6. The molecule has 0 bridgehead atoms. The molecule has 0 saturated carbocycles. The number of rotatable bonds is 7. The van der Waals surface area contributed by atoms with Crippen LogP contribution in [0.15, 0.2) is 54.6 Å². The maximum Gasteiger partial charge on any atom is 0.251 e. The van der Waals surface area contributed by atoms with Crippen LogP contribution >= 0.6 is 0 Å². The molecule has 2 aromatic carbocycles. The third kappa shape index (κ3) is 5.24. The van der Waals surface area contributed by atoms with Gasteiger partial charge in [-0.15, -0.1) is 0 Å². The fourth-order valence-electron chi connectivity index (χ4n) is 3.96. The third-order valence-corrected chi connectivity index (χ3v) is 5.39. The number of hydrogen-bond acceptors (Lipinski definition) is 5. The lowest BCUT2D eigenvalue weighted by Crippen LogP contribution is -2.47. The molecule has 2 aliphatic heterocycles. The Balaban J connectivity index is 1.34. The van der Waals surface area contributed by atoms with Crippen molar-refractivity contribution >= 4 is 11.8 Å². The molecule has 164 valence electrons. The molecule has 7 nitrogen and oxygen atoms in total. The molecule has 2 N–H and O–H groups in total. The molecular formula is C24H28N2O5. The monoisotopic (exact) mass is 424 g/mol. The van der Waals surface area contributed by atoms with Crippen LogP contribution in [0.2, 0.25) is 0 Å². The first-order chi connectivity index (χ1) is 15.0. The molecule has 2 saturated heterocycles. The molecule has 2 aliphatic rings. The number of carbonyl (C=O) groups excluding carboxylic acids is 2. The van der Waals surface area contributed by atoms with E-state index in [0.717, 1.165) is 0 Å². The van der Waals surface area contributed by atoms with E-state index in [1.165, 1.54) is 0 Å². The standard InChI is InChI=1S/C24H28N2O5/c1-15(2)11-21(27)25-19-13-29-23-20(14-30-22(19)23)26-24(28)16-7-6-10-18(12-16)31-17-8-4-3-5-9-17/h3-10,12,15,19-20,22-23H,11,13-14H2,1-2H3,(H,25,27)(H,26,28). The van der Waals surface area contributed by atoms with Gasteiger partial charge < -0.3 is 24.8 Å². The molecular weight excluding hydrogens is 396 g/mol. The first kappa shape index (κ1) is 21.3. The topological polar surface area (TPSA) is 85.9 Å². The Kier molecular flexibility index (Phi) is 6.53. The average molecular weight is 424 g/mol. The zero-order valence-electron chi connectivity index (χ0n) is 17.7. The van der Waals surface area contributed by atoms with Gasteiger partial charge in [-0.2, -0.15) is 0 Å². The molecule has 2 aromatic rings. The summed E-state index contributed by atoms with van der Waals surface area (Å²) in [5.74, 6) is 1.36. The first-order valence-electron chi connectivity index (χ1n) is 10.7. The molecule has 4 unspecified atom stereocenters. The van der Waals surface area contributed by atoms with Gasteiger partial charge in [0.25, 0.3) is 5.91 Å². The number of hydrogen-bond donors (Lipinski definition) is 2. The van der Waals surface area contributed by atoms with Crippen LogP contribution in [0.4, 0.5) is 0 Å². The van der Waals surface area contributed by atoms with Crippen molar-refractivity contribution in [2.75, 3.05) is 13.2 Å². The summed E-state index contributed by atoms with van der Waals surface area (Å²) in [6.07, 6.45) is -0.0682. The second-order valence-corrected chi connectivity index (χ2v) is 8.39. The molecule has 0 aromatic heterocycles. The van der Waals surface area contributed by atoms with Crippen molar-refractivity contribution in [3.63, 3.8) is 0 Å². The van der Waals surface area contributed by atoms with Crippen LogP contribution in [0.1, 0.15) is 30.6 Å². The van der Waals surface area contributed by atoms with Gasteiger partial charge in [-0.3, -0.25) is 9.59 Å². The van der Waals surface area contributed by atoms with Gasteiger partial charge >= 0.3 is 0 Å². The van der Waals surface area contributed by atoms with Crippen LogP contribution in [0.25, 0.3) is 0 Å². The van der Waals surface area contributed by atoms with Crippen LogP contribution in [0, 0.1) is 5.92 Å². The Labute approximate surface area is 182 Å². The fourth-order valence-corrected chi connectivity index (χ4v) is 3.96. The lowest BCUT2D eigenvalue weighted by atomic mass is 10.0. The summed E-state index contributed by atoms with van der Waals surface area (Å²) < 4.78 is 17.6. The van der Waals surface area contributed by atoms with Crippen molar-refractivity contribution in [2.24, 2.45) is 5.92 Å². The highest BCUT2D eigenvalue weighted by molar-refractivity contribution is 5.94. The molecule has 0 spiro atoms. The smallest absolute Gasteiger partial charge is 0.251 e.